The summed E-state index contributed by atoms with van der Waals surface area (Å²) >= 11 is 0. The lowest BCUT2D eigenvalue weighted by Gasteiger charge is -2.41. The average molecular weight is 480 g/mol. The third-order valence-corrected chi connectivity index (χ3v) is 8.57. The van der Waals surface area contributed by atoms with Crippen LogP contribution in [0.5, 0.6) is 11.5 Å². The van der Waals surface area contributed by atoms with Gasteiger partial charge in [0.15, 0.2) is 0 Å². The first-order valence-corrected chi connectivity index (χ1v) is 12.6. The van der Waals surface area contributed by atoms with E-state index in [9.17, 15) is 4.79 Å². The van der Waals surface area contributed by atoms with Crippen molar-refractivity contribution in [3.8, 4) is 22.8 Å². The van der Waals surface area contributed by atoms with Gasteiger partial charge in [-0.3, -0.25) is 14.5 Å². The number of benzene rings is 2. The van der Waals surface area contributed by atoms with Gasteiger partial charge in [-0.15, -0.1) is 0 Å². The van der Waals surface area contributed by atoms with Crippen LogP contribution in [0, 0.1) is 19.3 Å². The third-order valence-electron chi connectivity index (χ3n) is 8.57. The van der Waals surface area contributed by atoms with Crippen molar-refractivity contribution in [2.75, 3.05) is 6.54 Å². The minimum atomic E-state index is 0.0227. The first-order chi connectivity index (χ1) is 17.4. The van der Waals surface area contributed by atoms with Gasteiger partial charge in [-0.1, -0.05) is 6.07 Å². The molecule has 2 aromatic heterocycles. The van der Waals surface area contributed by atoms with E-state index in [1.165, 1.54) is 12.8 Å². The van der Waals surface area contributed by atoms with E-state index >= 15 is 0 Å². The van der Waals surface area contributed by atoms with Crippen LogP contribution in [0.4, 0.5) is 0 Å². The van der Waals surface area contributed by atoms with Gasteiger partial charge in [-0.25, -0.2) is 0 Å². The smallest absolute Gasteiger partial charge is 0.251 e. The van der Waals surface area contributed by atoms with Crippen molar-refractivity contribution in [2.24, 2.45) is 12.5 Å². The fraction of sp³-hybridized carbons (Fsp3) is 0.345. The molecule has 0 bridgehead atoms. The molecule has 2 aromatic carbocycles. The molecule has 3 fully saturated rings. The molecule has 7 heteroatoms. The van der Waals surface area contributed by atoms with E-state index < -0.39 is 0 Å². The highest BCUT2D eigenvalue weighted by atomic mass is 16.5. The van der Waals surface area contributed by atoms with Gasteiger partial charge in [0.25, 0.3) is 5.91 Å². The number of hydrogen-bond donors (Lipinski definition) is 2. The Hall–Kier alpha value is -3.71. The normalized spacial score (nSPS) is 23.0. The lowest BCUT2D eigenvalue weighted by Crippen LogP contribution is -2.60. The number of carbonyl (C=O) groups is 1. The lowest BCUT2D eigenvalue weighted by molar-refractivity contribution is 0.0924. The molecule has 3 heterocycles. The van der Waals surface area contributed by atoms with Crippen LogP contribution in [-0.2, 0) is 7.05 Å². The molecule has 2 aliphatic carbocycles. The Bertz CT molecular complexity index is 1550. The molecule has 0 radical (unpaired) electrons. The molecule has 36 heavy (non-hydrogen) atoms. The maximum absolute atomic E-state index is 13.0. The van der Waals surface area contributed by atoms with Crippen LogP contribution in [0.1, 0.15) is 40.9 Å². The summed E-state index contributed by atoms with van der Waals surface area (Å²) in [4.78, 5) is 17.6. The van der Waals surface area contributed by atoms with Gasteiger partial charge in [0.05, 0.1) is 16.9 Å². The lowest BCUT2D eigenvalue weighted by atomic mass is 9.84. The van der Waals surface area contributed by atoms with Crippen molar-refractivity contribution in [3.05, 3.63) is 71.5 Å². The van der Waals surface area contributed by atoms with Gasteiger partial charge in [0.2, 0.25) is 0 Å². The minimum Gasteiger partial charge on any atom is -0.457 e. The summed E-state index contributed by atoms with van der Waals surface area (Å²) in [5.41, 5.74) is 6.12. The number of nitrogens with one attached hydrogen (secondary N) is 2. The molecule has 182 valence electrons. The molecule has 2 N–H and O–H groups in total. The number of hydrogen-bond acceptors (Lipinski definition) is 5. The number of pyridine rings is 1. The monoisotopic (exact) mass is 479 g/mol. The number of fused-ring (bicyclic) bond motifs is 2. The number of aromatic nitrogens is 3. The molecule has 1 saturated heterocycles. The molecule has 7 rings (SSSR count). The maximum atomic E-state index is 13.0. The van der Waals surface area contributed by atoms with Crippen molar-refractivity contribution in [2.45, 2.75) is 44.7 Å². The van der Waals surface area contributed by atoms with E-state index in [2.05, 4.69) is 20.7 Å². The van der Waals surface area contributed by atoms with Crippen LogP contribution in [0.25, 0.3) is 22.2 Å². The Labute approximate surface area is 209 Å². The van der Waals surface area contributed by atoms with Crippen molar-refractivity contribution in [1.29, 1.82) is 0 Å². The Kier molecular flexibility index (Phi) is 4.43. The number of amides is 1. The third kappa shape index (κ3) is 3.19. The molecule has 2 spiro atoms. The zero-order chi connectivity index (χ0) is 24.7. The summed E-state index contributed by atoms with van der Waals surface area (Å²) in [5.74, 6) is 1.48. The predicted octanol–water partition coefficient (Wildman–Crippen LogP) is 4.67. The Morgan fingerprint density at radius 3 is 2.69 bits per heavy atom. The molecule has 2 atom stereocenters. The number of ether oxygens (including phenoxy) is 1. The molecule has 4 aromatic rings. The summed E-state index contributed by atoms with van der Waals surface area (Å²) in [6.07, 6.45) is 5.36. The van der Waals surface area contributed by atoms with Crippen LogP contribution < -0.4 is 15.4 Å². The highest BCUT2D eigenvalue weighted by molar-refractivity contribution is 5.96. The van der Waals surface area contributed by atoms with Gasteiger partial charge >= 0.3 is 0 Å². The summed E-state index contributed by atoms with van der Waals surface area (Å²) in [7, 11) is 1.94. The molecular weight excluding hydrogens is 450 g/mol. The van der Waals surface area contributed by atoms with E-state index in [1.54, 1.807) is 6.20 Å². The van der Waals surface area contributed by atoms with Gasteiger partial charge in [0.1, 0.15) is 11.5 Å². The van der Waals surface area contributed by atoms with Gasteiger partial charge in [-0.2, -0.15) is 5.10 Å². The number of rotatable bonds is 5. The summed E-state index contributed by atoms with van der Waals surface area (Å²) in [5, 5.41) is 12.5. The highest BCUT2D eigenvalue weighted by Gasteiger charge is 2.77. The van der Waals surface area contributed by atoms with Crippen LogP contribution in [0.3, 0.4) is 0 Å². The van der Waals surface area contributed by atoms with E-state index in [4.69, 9.17) is 4.74 Å². The largest absolute Gasteiger partial charge is 0.457 e. The number of carbonyl (C=O) groups excluding carboxylic acids is 1. The van der Waals surface area contributed by atoms with Crippen LogP contribution >= 0.6 is 0 Å². The molecule has 7 nitrogen and oxygen atoms in total. The van der Waals surface area contributed by atoms with Crippen LogP contribution in [-0.4, -0.2) is 38.8 Å². The average Bonchev–Trinajstić information content (AvgIpc) is 3.78. The molecule has 1 amide bonds. The van der Waals surface area contributed by atoms with Gasteiger partial charge < -0.3 is 15.4 Å². The molecule has 1 aliphatic heterocycles. The molecular formula is C29H29N5O2. The van der Waals surface area contributed by atoms with Crippen LogP contribution in [0.15, 0.2) is 54.7 Å². The first kappa shape index (κ1) is 21.6. The SMILES string of the molecule is Cc1cc(-c2cc(Oc3ccc4c(C)nn(C)c4c3)ccn2)ccc1C(=O)NC1C[C@]12CNC21CC1. The molecule has 3 aliphatic rings. The standard InChI is InChI=1S/C29H29N5O2/c1-17-12-19(4-6-22(17)27(35)32-26-15-28(26)16-31-29(28)9-10-29)24-13-21(8-11-30-24)36-20-5-7-23-18(2)33-34(3)25(23)14-20/h4-8,11-14,26,31H,9-10,15-16H2,1-3H3,(H,32,35)/t26?,28-/m0/s1. The zero-order valence-corrected chi connectivity index (χ0v) is 20.8. The maximum Gasteiger partial charge on any atom is 0.251 e. The second-order valence-corrected chi connectivity index (χ2v) is 10.7. The fourth-order valence-corrected chi connectivity index (χ4v) is 6.15. The molecule has 1 unspecified atom stereocenters. The Balaban J connectivity index is 1.08. The summed E-state index contributed by atoms with van der Waals surface area (Å²) in [6, 6.07) is 16.0. The molecule has 2 saturated carbocycles. The predicted molar refractivity (Wildman–Crippen MR) is 138 cm³/mol. The van der Waals surface area contributed by atoms with Gasteiger partial charge in [-0.05, 0) is 69.0 Å². The second-order valence-electron chi connectivity index (χ2n) is 10.7. The van der Waals surface area contributed by atoms with Crippen molar-refractivity contribution in [1.82, 2.24) is 25.4 Å². The first-order valence-electron chi connectivity index (χ1n) is 12.6. The van der Waals surface area contributed by atoms with Crippen molar-refractivity contribution >= 4 is 16.8 Å². The number of nitrogens with zero attached hydrogens (tertiary/aromatic N) is 3. The van der Waals surface area contributed by atoms with E-state index in [-0.39, 0.29) is 5.91 Å². The van der Waals surface area contributed by atoms with E-state index in [0.717, 1.165) is 57.7 Å². The van der Waals surface area contributed by atoms with Gasteiger partial charge in [0, 0.05) is 65.4 Å². The summed E-state index contributed by atoms with van der Waals surface area (Å²) < 4.78 is 8.03. The minimum absolute atomic E-state index is 0.0227. The topological polar surface area (TPSA) is 81.1 Å². The van der Waals surface area contributed by atoms with E-state index in [1.807, 2.05) is 74.1 Å². The Morgan fingerprint density at radius 1 is 1.11 bits per heavy atom. The quantitative estimate of drug-likeness (QED) is 0.435. The Morgan fingerprint density at radius 2 is 1.94 bits per heavy atom. The highest BCUT2D eigenvalue weighted by Crippen LogP contribution is 2.68. The van der Waals surface area contributed by atoms with Crippen molar-refractivity contribution in [3.63, 3.8) is 0 Å². The zero-order valence-electron chi connectivity index (χ0n) is 20.8. The fourth-order valence-electron chi connectivity index (χ4n) is 6.15. The second kappa shape index (κ2) is 7.40. The van der Waals surface area contributed by atoms with Crippen molar-refractivity contribution < 1.29 is 9.53 Å². The van der Waals surface area contributed by atoms with Crippen LogP contribution in [0.2, 0.25) is 0 Å². The summed E-state index contributed by atoms with van der Waals surface area (Å²) in [6.45, 7) is 5.03. The number of aryl methyl sites for hydroxylation is 3. The van der Waals surface area contributed by atoms with E-state index in [0.29, 0.717) is 22.7 Å².